The maximum absolute atomic E-state index is 13.6. The number of carbonyl (C=O) groups is 2. The molecule has 3 atom stereocenters. The van der Waals surface area contributed by atoms with Gasteiger partial charge in [-0.25, -0.2) is 13.4 Å². The fourth-order valence-corrected chi connectivity index (χ4v) is 5.47. The van der Waals surface area contributed by atoms with E-state index in [2.05, 4.69) is 10.3 Å². The SMILES string of the molecule is C[C@H]1CN([C@@H](C)CO)C(=O)c2cc(NC(=O)CCCN(C)C)ccc2O[C@H]1CN(C)S(=O)(=O)c1cn(C)cn1. The van der Waals surface area contributed by atoms with E-state index in [1.165, 1.54) is 23.9 Å². The lowest BCUT2D eigenvalue weighted by Crippen LogP contribution is -2.50. The summed E-state index contributed by atoms with van der Waals surface area (Å²) < 4.78 is 35.3. The van der Waals surface area contributed by atoms with Gasteiger partial charge in [0.05, 0.1) is 31.1 Å². The maximum Gasteiger partial charge on any atom is 0.261 e. The first-order valence-electron chi connectivity index (χ1n) is 12.9. The molecule has 0 fully saturated rings. The minimum atomic E-state index is -3.87. The molecule has 12 nitrogen and oxygen atoms in total. The maximum atomic E-state index is 13.6. The Kier molecular flexibility index (Phi) is 10.1. The second-order valence-corrected chi connectivity index (χ2v) is 12.4. The van der Waals surface area contributed by atoms with Gasteiger partial charge in [-0.05, 0) is 52.2 Å². The predicted octanol–water partition coefficient (Wildman–Crippen LogP) is 1.24. The predicted molar refractivity (Wildman–Crippen MR) is 147 cm³/mol. The van der Waals surface area contributed by atoms with Crippen molar-refractivity contribution in [3.63, 3.8) is 0 Å². The third-order valence-corrected chi connectivity index (χ3v) is 8.46. The van der Waals surface area contributed by atoms with E-state index < -0.39 is 22.2 Å². The van der Waals surface area contributed by atoms with Crippen LogP contribution in [0.15, 0.2) is 35.7 Å². The molecular formula is C26H40N6O6S. The summed E-state index contributed by atoms with van der Waals surface area (Å²) in [6.45, 7) is 4.42. The van der Waals surface area contributed by atoms with Crippen molar-refractivity contribution >= 4 is 27.5 Å². The molecule has 2 heterocycles. The van der Waals surface area contributed by atoms with Crippen LogP contribution in [0.1, 0.15) is 37.0 Å². The highest BCUT2D eigenvalue weighted by Crippen LogP contribution is 2.31. The largest absolute Gasteiger partial charge is 0.488 e. The second-order valence-electron chi connectivity index (χ2n) is 10.5. The zero-order valence-corrected chi connectivity index (χ0v) is 24.3. The third-order valence-electron chi connectivity index (χ3n) is 6.75. The minimum absolute atomic E-state index is 0.0133. The molecule has 1 aliphatic heterocycles. The van der Waals surface area contributed by atoms with Crippen LogP contribution in [-0.4, -0.2) is 109 Å². The first kappa shape index (κ1) is 30.5. The smallest absolute Gasteiger partial charge is 0.261 e. The number of amides is 2. The fourth-order valence-electron chi connectivity index (χ4n) is 4.33. The lowest BCUT2D eigenvalue weighted by atomic mass is 9.99. The quantitative estimate of drug-likeness (QED) is 0.416. The molecule has 13 heteroatoms. The van der Waals surface area contributed by atoms with Crippen LogP contribution < -0.4 is 10.1 Å². The Morgan fingerprint density at radius 1 is 1.31 bits per heavy atom. The average Bonchev–Trinajstić information content (AvgIpc) is 3.32. The number of nitrogens with one attached hydrogen (secondary N) is 1. The number of benzene rings is 1. The van der Waals surface area contributed by atoms with Crippen LogP contribution >= 0.6 is 0 Å². The molecule has 39 heavy (non-hydrogen) atoms. The van der Waals surface area contributed by atoms with E-state index in [9.17, 15) is 23.1 Å². The van der Waals surface area contributed by atoms with Gasteiger partial charge in [0.1, 0.15) is 11.9 Å². The Balaban J connectivity index is 1.89. The molecule has 1 aromatic heterocycles. The molecular weight excluding hydrogens is 524 g/mol. The molecule has 0 unspecified atom stereocenters. The number of nitrogens with zero attached hydrogens (tertiary/aromatic N) is 5. The number of aryl methyl sites for hydroxylation is 1. The molecule has 1 aromatic carbocycles. The second kappa shape index (κ2) is 12.9. The van der Waals surface area contributed by atoms with Crippen molar-refractivity contribution in [3.05, 3.63) is 36.3 Å². The number of sulfonamides is 1. The Morgan fingerprint density at radius 3 is 2.64 bits per heavy atom. The monoisotopic (exact) mass is 564 g/mol. The Morgan fingerprint density at radius 2 is 2.03 bits per heavy atom. The highest BCUT2D eigenvalue weighted by molar-refractivity contribution is 7.89. The van der Waals surface area contributed by atoms with Gasteiger partial charge in [-0.2, -0.15) is 4.31 Å². The summed E-state index contributed by atoms with van der Waals surface area (Å²) in [6, 6.07) is 4.36. The van der Waals surface area contributed by atoms with Crippen LogP contribution in [0, 0.1) is 5.92 Å². The average molecular weight is 565 g/mol. The van der Waals surface area contributed by atoms with Crippen molar-refractivity contribution in [3.8, 4) is 5.75 Å². The van der Waals surface area contributed by atoms with Gasteiger partial charge in [-0.15, -0.1) is 0 Å². The first-order chi connectivity index (χ1) is 18.3. The van der Waals surface area contributed by atoms with Gasteiger partial charge in [0.2, 0.25) is 5.91 Å². The molecule has 2 aromatic rings. The molecule has 3 rings (SSSR count). The number of ether oxygens (including phenoxy) is 1. The number of fused-ring (bicyclic) bond motifs is 1. The van der Waals surface area contributed by atoms with Gasteiger partial charge in [-0.1, -0.05) is 6.92 Å². The highest BCUT2D eigenvalue weighted by atomic mass is 32.2. The molecule has 0 bridgehead atoms. The zero-order chi connectivity index (χ0) is 28.9. The molecule has 0 saturated carbocycles. The molecule has 0 radical (unpaired) electrons. The summed E-state index contributed by atoms with van der Waals surface area (Å²) in [5.74, 6) is -0.492. The van der Waals surface area contributed by atoms with Gasteiger partial charge in [0.15, 0.2) is 5.03 Å². The van der Waals surface area contributed by atoms with E-state index in [1.54, 1.807) is 41.6 Å². The van der Waals surface area contributed by atoms with Crippen LogP contribution in [0.3, 0.4) is 0 Å². The lowest BCUT2D eigenvalue weighted by molar-refractivity contribution is -0.116. The molecule has 0 aliphatic carbocycles. The molecule has 2 N–H and O–H groups in total. The van der Waals surface area contributed by atoms with Crippen molar-refractivity contribution in [2.75, 3.05) is 52.7 Å². The van der Waals surface area contributed by atoms with Crippen LogP contribution in [-0.2, 0) is 21.9 Å². The van der Waals surface area contributed by atoms with Gasteiger partial charge in [0, 0.05) is 44.9 Å². The first-order valence-corrected chi connectivity index (χ1v) is 14.4. The van der Waals surface area contributed by atoms with Gasteiger partial charge < -0.3 is 29.5 Å². The summed E-state index contributed by atoms with van der Waals surface area (Å²) in [7, 11) is 3.17. The van der Waals surface area contributed by atoms with E-state index in [1.807, 2.05) is 25.9 Å². The topological polar surface area (TPSA) is 137 Å². The Bertz CT molecular complexity index is 1260. The number of likely N-dealkylation sites (N-methyl/N-ethyl adjacent to an activating group) is 1. The van der Waals surface area contributed by atoms with Crippen molar-refractivity contribution < 1.29 is 27.9 Å². The summed E-state index contributed by atoms with van der Waals surface area (Å²) >= 11 is 0. The van der Waals surface area contributed by atoms with Crippen molar-refractivity contribution in [1.29, 1.82) is 0 Å². The minimum Gasteiger partial charge on any atom is -0.488 e. The summed E-state index contributed by atoms with van der Waals surface area (Å²) in [6.07, 6.45) is 3.28. The number of aromatic nitrogens is 2. The standard InChI is InChI=1S/C26H40N6O6S/c1-18-13-32(19(2)16-33)26(35)21-12-20(28-24(34)8-7-11-29(3)4)9-10-22(21)38-23(18)14-31(6)39(36,37)25-15-30(5)17-27-25/h9-10,12,15,17-19,23,33H,7-8,11,13-14,16H2,1-6H3,(H,28,34)/t18-,19-,23-/m0/s1. The number of carbonyl (C=O) groups excluding carboxylic acids is 2. The van der Waals surface area contributed by atoms with Gasteiger partial charge in [0.25, 0.3) is 15.9 Å². The lowest BCUT2D eigenvalue weighted by Gasteiger charge is -2.38. The van der Waals surface area contributed by atoms with Crippen molar-refractivity contribution in [1.82, 2.24) is 23.7 Å². The molecule has 1 aliphatic rings. The van der Waals surface area contributed by atoms with Crippen molar-refractivity contribution in [2.45, 2.75) is 43.9 Å². The number of rotatable bonds is 11. The van der Waals surface area contributed by atoms with E-state index in [-0.39, 0.29) is 53.8 Å². The summed E-state index contributed by atoms with van der Waals surface area (Å²) in [5.41, 5.74) is 0.686. The Hall–Kier alpha value is -3.00. The molecule has 216 valence electrons. The zero-order valence-electron chi connectivity index (χ0n) is 23.5. The van der Waals surface area contributed by atoms with Gasteiger partial charge >= 0.3 is 0 Å². The van der Waals surface area contributed by atoms with Crippen molar-refractivity contribution in [2.24, 2.45) is 13.0 Å². The van der Waals surface area contributed by atoms with E-state index in [0.29, 0.717) is 18.5 Å². The molecule has 0 saturated heterocycles. The van der Waals surface area contributed by atoms with Crippen LogP contribution in [0.25, 0.3) is 0 Å². The normalized spacial score (nSPS) is 18.9. The molecule has 0 spiro atoms. The van der Waals surface area contributed by atoms with Gasteiger partial charge in [-0.3, -0.25) is 9.59 Å². The number of aliphatic hydroxyl groups excluding tert-OH is 1. The number of anilines is 1. The van der Waals surface area contributed by atoms with Crippen LogP contribution in [0.2, 0.25) is 0 Å². The van der Waals surface area contributed by atoms with E-state index in [4.69, 9.17) is 4.74 Å². The Labute approximate surface area is 230 Å². The highest BCUT2D eigenvalue weighted by Gasteiger charge is 2.35. The van der Waals surface area contributed by atoms with Crippen LogP contribution in [0.5, 0.6) is 5.75 Å². The van der Waals surface area contributed by atoms with E-state index in [0.717, 1.165) is 6.54 Å². The summed E-state index contributed by atoms with van der Waals surface area (Å²) in [5, 5.41) is 12.6. The summed E-state index contributed by atoms with van der Waals surface area (Å²) in [4.78, 5) is 33.6. The van der Waals surface area contributed by atoms with Crippen LogP contribution in [0.4, 0.5) is 5.69 Å². The third kappa shape index (κ3) is 7.56. The number of imidazole rings is 1. The molecule has 2 amide bonds. The number of hydrogen-bond acceptors (Lipinski definition) is 8. The fraction of sp³-hybridized carbons (Fsp3) is 0.577. The van der Waals surface area contributed by atoms with E-state index >= 15 is 0 Å². The number of hydrogen-bond donors (Lipinski definition) is 2. The number of aliphatic hydroxyl groups is 1.